The molecule has 9 heteroatoms. The molecule has 1 saturated heterocycles. The SMILES string of the molecule is Cc1ccsc1[C@H](C(=O)NC[C@@H]1CCCO1)N(Cc1ccccc1)C(=O)Cn1nnc2ccccc21. The third kappa shape index (κ3) is 5.32. The van der Waals surface area contributed by atoms with Crippen molar-refractivity contribution in [2.45, 2.75) is 45.0 Å². The van der Waals surface area contributed by atoms with Gasteiger partial charge in [0.25, 0.3) is 0 Å². The Morgan fingerprint density at radius 1 is 1.17 bits per heavy atom. The van der Waals surface area contributed by atoms with E-state index in [2.05, 4.69) is 15.6 Å². The van der Waals surface area contributed by atoms with Crippen molar-refractivity contribution in [3.05, 3.63) is 82.0 Å². The van der Waals surface area contributed by atoms with Crippen LogP contribution in [-0.2, 0) is 27.4 Å². The molecule has 0 bridgehead atoms. The number of aromatic nitrogens is 3. The topological polar surface area (TPSA) is 89.4 Å². The second-order valence-corrected chi connectivity index (χ2v) is 9.94. The first-order chi connectivity index (χ1) is 17.6. The lowest BCUT2D eigenvalue weighted by Crippen LogP contribution is -2.46. The minimum atomic E-state index is -0.770. The summed E-state index contributed by atoms with van der Waals surface area (Å²) in [5.74, 6) is -0.414. The van der Waals surface area contributed by atoms with Crippen LogP contribution < -0.4 is 5.32 Å². The van der Waals surface area contributed by atoms with Gasteiger partial charge in [0.05, 0.1) is 11.6 Å². The number of aryl methyl sites for hydroxylation is 1. The molecule has 4 aromatic rings. The van der Waals surface area contributed by atoms with Crippen LogP contribution in [0.25, 0.3) is 11.0 Å². The van der Waals surface area contributed by atoms with Crippen molar-refractivity contribution in [3.63, 3.8) is 0 Å². The van der Waals surface area contributed by atoms with Gasteiger partial charge in [-0.1, -0.05) is 47.7 Å². The van der Waals surface area contributed by atoms with E-state index in [0.717, 1.165) is 46.5 Å². The highest BCUT2D eigenvalue weighted by Gasteiger charge is 2.34. The highest BCUT2D eigenvalue weighted by molar-refractivity contribution is 7.10. The lowest BCUT2D eigenvalue weighted by molar-refractivity contribution is -0.142. The third-order valence-corrected chi connectivity index (χ3v) is 7.53. The number of ether oxygens (including phenoxy) is 1. The molecule has 3 heterocycles. The van der Waals surface area contributed by atoms with Crippen molar-refractivity contribution in [3.8, 4) is 0 Å². The van der Waals surface area contributed by atoms with Gasteiger partial charge in [0.2, 0.25) is 11.8 Å². The van der Waals surface area contributed by atoms with Crippen molar-refractivity contribution in [2.75, 3.05) is 13.2 Å². The van der Waals surface area contributed by atoms with Crippen molar-refractivity contribution >= 4 is 34.2 Å². The summed E-state index contributed by atoms with van der Waals surface area (Å²) < 4.78 is 7.30. The molecule has 0 radical (unpaired) electrons. The average molecular weight is 504 g/mol. The third-order valence-electron chi connectivity index (χ3n) is 6.46. The predicted molar refractivity (Wildman–Crippen MR) is 138 cm³/mol. The first kappa shape index (κ1) is 24.1. The molecule has 0 unspecified atom stereocenters. The van der Waals surface area contributed by atoms with Gasteiger partial charge in [-0.15, -0.1) is 16.4 Å². The lowest BCUT2D eigenvalue weighted by Gasteiger charge is -2.31. The fourth-order valence-electron chi connectivity index (χ4n) is 4.54. The summed E-state index contributed by atoms with van der Waals surface area (Å²) in [5, 5.41) is 13.4. The monoisotopic (exact) mass is 503 g/mol. The van der Waals surface area contributed by atoms with Crippen molar-refractivity contribution in [1.29, 1.82) is 0 Å². The molecule has 5 rings (SSSR count). The standard InChI is InChI=1S/C27H29N5O3S/c1-19-13-15-36-26(19)25(27(34)28-16-21-10-7-14-35-21)31(17-20-8-3-2-4-9-20)24(33)18-32-23-12-6-5-11-22(23)29-30-32/h2-6,8-9,11-13,15,21,25H,7,10,14,16-18H2,1H3,(H,28,34)/t21-,25+/m0/s1. The number of thiophene rings is 1. The first-order valence-electron chi connectivity index (χ1n) is 12.1. The zero-order valence-electron chi connectivity index (χ0n) is 20.2. The summed E-state index contributed by atoms with van der Waals surface area (Å²) in [4.78, 5) is 30.1. The van der Waals surface area contributed by atoms with Crippen molar-refractivity contribution in [1.82, 2.24) is 25.2 Å². The van der Waals surface area contributed by atoms with E-state index in [4.69, 9.17) is 4.74 Å². The maximum Gasteiger partial charge on any atom is 0.248 e. The summed E-state index contributed by atoms with van der Waals surface area (Å²) in [6.45, 7) is 3.40. The number of hydrogen-bond donors (Lipinski definition) is 1. The highest BCUT2D eigenvalue weighted by atomic mass is 32.1. The number of nitrogens with zero attached hydrogens (tertiary/aromatic N) is 4. The van der Waals surface area contributed by atoms with Crippen LogP contribution >= 0.6 is 11.3 Å². The molecule has 0 spiro atoms. The molecule has 1 fully saturated rings. The van der Waals surface area contributed by atoms with Crippen LogP contribution in [0.4, 0.5) is 0 Å². The van der Waals surface area contributed by atoms with Crippen LogP contribution in [0.2, 0.25) is 0 Å². The Bertz CT molecular complexity index is 1330. The van der Waals surface area contributed by atoms with Crippen LogP contribution in [0.15, 0.2) is 66.0 Å². The average Bonchev–Trinajstić information content (AvgIpc) is 3.66. The molecule has 36 heavy (non-hydrogen) atoms. The quantitative estimate of drug-likeness (QED) is 0.375. The zero-order valence-corrected chi connectivity index (χ0v) is 21.0. The van der Waals surface area contributed by atoms with Gasteiger partial charge in [0.15, 0.2) is 0 Å². The number of para-hydroxylation sites is 1. The second kappa shape index (κ2) is 11.0. The fourth-order valence-corrected chi connectivity index (χ4v) is 5.58. The van der Waals surface area contributed by atoms with Gasteiger partial charge < -0.3 is 15.0 Å². The van der Waals surface area contributed by atoms with E-state index in [1.165, 1.54) is 11.3 Å². The Balaban J connectivity index is 1.47. The molecular weight excluding hydrogens is 474 g/mol. The number of benzene rings is 2. The van der Waals surface area contributed by atoms with Gasteiger partial charge in [-0.25, -0.2) is 4.68 Å². The number of hydrogen-bond acceptors (Lipinski definition) is 6. The lowest BCUT2D eigenvalue weighted by atomic mass is 10.1. The van der Waals surface area contributed by atoms with Gasteiger partial charge in [-0.3, -0.25) is 9.59 Å². The maximum absolute atomic E-state index is 13.9. The summed E-state index contributed by atoms with van der Waals surface area (Å²) in [6.07, 6.45) is 1.94. The predicted octanol–water partition coefficient (Wildman–Crippen LogP) is 3.87. The molecule has 1 N–H and O–H groups in total. The molecular formula is C27H29N5O3S. The van der Waals surface area contributed by atoms with E-state index in [-0.39, 0.29) is 24.5 Å². The van der Waals surface area contributed by atoms with Gasteiger partial charge >= 0.3 is 0 Å². The fraction of sp³-hybridized carbons (Fsp3) is 0.333. The molecule has 0 saturated carbocycles. The number of rotatable bonds is 9. The smallest absolute Gasteiger partial charge is 0.248 e. The summed E-state index contributed by atoms with van der Waals surface area (Å²) in [6, 6.07) is 18.5. The summed E-state index contributed by atoms with van der Waals surface area (Å²) >= 11 is 1.49. The Morgan fingerprint density at radius 2 is 1.97 bits per heavy atom. The second-order valence-electron chi connectivity index (χ2n) is 8.99. The Morgan fingerprint density at radius 3 is 2.72 bits per heavy atom. The van der Waals surface area contributed by atoms with Gasteiger partial charge in [-0.2, -0.15) is 0 Å². The van der Waals surface area contributed by atoms with E-state index in [1.54, 1.807) is 9.58 Å². The highest BCUT2D eigenvalue weighted by Crippen LogP contribution is 2.31. The normalized spacial score (nSPS) is 16.2. The number of carbonyl (C=O) groups is 2. The minimum Gasteiger partial charge on any atom is -0.376 e. The first-order valence-corrected chi connectivity index (χ1v) is 13.0. The van der Waals surface area contributed by atoms with E-state index < -0.39 is 6.04 Å². The molecule has 1 aliphatic rings. The molecule has 1 aliphatic heterocycles. The van der Waals surface area contributed by atoms with Crippen LogP contribution in [-0.4, -0.2) is 51.0 Å². The van der Waals surface area contributed by atoms with E-state index in [9.17, 15) is 9.59 Å². The Kier molecular flexibility index (Phi) is 7.39. The van der Waals surface area contributed by atoms with Crippen LogP contribution in [0.5, 0.6) is 0 Å². The molecule has 2 amide bonds. The summed E-state index contributed by atoms with van der Waals surface area (Å²) in [7, 11) is 0. The minimum absolute atomic E-state index is 0.0128. The largest absolute Gasteiger partial charge is 0.376 e. The van der Waals surface area contributed by atoms with Crippen LogP contribution in [0, 0.1) is 6.92 Å². The van der Waals surface area contributed by atoms with E-state index in [1.807, 2.05) is 73.0 Å². The molecule has 2 atom stereocenters. The zero-order chi connectivity index (χ0) is 24.9. The maximum atomic E-state index is 13.9. The number of carbonyl (C=O) groups excluding carboxylic acids is 2. The molecule has 2 aromatic heterocycles. The van der Waals surface area contributed by atoms with Gasteiger partial charge in [0.1, 0.15) is 18.1 Å². The molecule has 186 valence electrons. The van der Waals surface area contributed by atoms with Crippen LogP contribution in [0.1, 0.15) is 34.9 Å². The summed E-state index contributed by atoms with van der Waals surface area (Å²) in [5.41, 5.74) is 3.42. The molecule has 0 aliphatic carbocycles. The van der Waals surface area contributed by atoms with Gasteiger partial charge in [0, 0.05) is 24.6 Å². The van der Waals surface area contributed by atoms with Crippen molar-refractivity contribution < 1.29 is 14.3 Å². The number of nitrogens with one attached hydrogen (secondary N) is 1. The van der Waals surface area contributed by atoms with Crippen molar-refractivity contribution in [2.24, 2.45) is 0 Å². The van der Waals surface area contributed by atoms with E-state index >= 15 is 0 Å². The Labute approximate surface area is 213 Å². The molecule has 8 nitrogen and oxygen atoms in total. The molecule has 2 aromatic carbocycles. The number of fused-ring (bicyclic) bond motifs is 1. The van der Waals surface area contributed by atoms with Gasteiger partial charge in [-0.05, 0) is 54.5 Å². The van der Waals surface area contributed by atoms with E-state index in [0.29, 0.717) is 13.1 Å². The number of amides is 2. The Hall–Kier alpha value is -3.56. The van der Waals surface area contributed by atoms with Crippen LogP contribution in [0.3, 0.4) is 0 Å².